The minimum Gasteiger partial charge on any atom is -0.478 e. The van der Waals surface area contributed by atoms with Gasteiger partial charge in [-0.2, -0.15) is 0 Å². The molecule has 70 valence electrons. The van der Waals surface area contributed by atoms with Crippen LogP contribution in [-0.2, 0) is 0 Å². The SMILES string of the molecule is Nc1cc(N)c(N)c(C(=O)O)c1N. The maximum Gasteiger partial charge on any atom is 0.340 e. The molecule has 0 bridgehead atoms. The van der Waals surface area contributed by atoms with Gasteiger partial charge in [-0.3, -0.25) is 0 Å². The molecule has 0 radical (unpaired) electrons. The Morgan fingerprint density at radius 3 is 1.77 bits per heavy atom. The van der Waals surface area contributed by atoms with E-state index in [1.807, 2.05) is 0 Å². The summed E-state index contributed by atoms with van der Waals surface area (Å²) in [7, 11) is 0. The number of nitrogens with two attached hydrogens (primary N) is 4. The number of carbonyl (C=O) groups is 1. The summed E-state index contributed by atoms with van der Waals surface area (Å²) in [6.07, 6.45) is 0. The Morgan fingerprint density at radius 1 is 1.08 bits per heavy atom. The summed E-state index contributed by atoms with van der Waals surface area (Å²) in [4.78, 5) is 10.7. The van der Waals surface area contributed by atoms with Crippen molar-refractivity contribution >= 4 is 28.7 Å². The minimum atomic E-state index is -1.24. The number of carboxylic acids is 1. The highest BCUT2D eigenvalue weighted by Gasteiger charge is 2.16. The van der Waals surface area contributed by atoms with Gasteiger partial charge in [0.2, 0.25) is 0 Å². The molecule has 6 nitrogen and oxygen atoms in total. The fourth-order valence-electron chi connectivity index (χ4n) is 0.987. The Morgan fingerprint density at radius 2 is 1.46 bits per heavy atom. The number of anilines is 4. The van der Waals surface area contributed by atoms with E-state index in [2.05, 4.69) is 0 Å². The monoisotopic (exact) mass is 182 g/mol. The van der Waals surface area contributed by atoms with E-state index in [9.17, 15) is 4.79 Å². The Bertz CT molecular complexity index is 349. The topological polar surface area (TPSA) is 141 Å². The van der Waals surface area contributed by atoms with Crippen LogP contribution in [0.5, 0.6) is 0 Å². The predicted molar refractivity (Wildman–Crippen MR) is 51.1 cm³/mol. The lowest BCUT2D eigenvalue weighted by molar-refractivity contribution is 0.0699. The highest BCUT2D eigenvalue weighted by molar-refractivity contribution is 6.05. The fraction of sp³-hybridized carbons (Fsp3) is 0. The van der Waals surface area contributed by atoms with E-state index in [0.29, 0.717) is 0 Å². The summed E-state index contributed by atoms with van der Waals surface area (Å²) < 4.78 is 0. The lowest BCUT2D eigenvalue weighted by atomic mass is 10.1. The zero-order valence-corrected chi connectivity index (χ0v) is 6.74. The smallest absolute Gasteiger partial charge is 0.340 e. The van der Waals surface area contributed by atoms with Crippen molar-refractivity contribution in [2.75, 3.05) is 22.9 Å². The van der Waals surface area contributed by atoms with E-state index in [0.717, 1.165) is 0 Å². The highest BCUT2D eigenvalue weighted by Crippen LogP contribution is 2.31. The number of nitrogen functional groups attached to an aromatic ring is 4. The molecule has 0 unspecified atom stereocenters. The van der Waals surface area contributed by atoms with Crippen molar-refractivity contribution in [3.05, 3.63) is 11.6 Å². The number of hydrogen-bond acceptors (Lipinski definition) is 5. The molecule has 0 aliphatic heterocycles. The maximum atomic E-state index is 10.7. The molecular formula is C7H10N4O2. The van der Waals surface area contributed by atoms with Crippen LogP contribution in [0.25, 0.3) is 0 Å². The summed E-state index contributed by atoms with van der Waals surface area (Å²) in [6.45, 7) is 0. The number of benzene rings is 1. The second-order valence-electron chi connectivity index (χ2n) is 2.56. The molecule has 1 rings (SSSR count). The molecule has 9 N–H and O–H groups in total. The lowest BCUT2D eigenvalue weighted by Crippen LogP contribution is -2.11. The first-order valence-electron chi connectivity index (χ1n) is 3.41. The van der Waals surface area contributed by atoms with Gasteiger partial charge in [-0.05, 0) is 6.07 Å². The standard InChI is InChI=1S/C7H10N4O2/c8-2-1-3(9)6(11)4(5(2)10)7(12)13/h1H,8-11H2,(H,12,13). The molecule has 1 aromatic carbocycles. The first-order valence-corrected chi connectivity index (χ1v) is 3.41. The van der Waals surface area contributed by atoms with Gasteiger partial charge in [0.05, 0.1) is 22.7 Å². The second kappa shape index (κ2) is 2.74. The average Bonchev–Trinajstić information content (AvgIpc) is 2.01. The summed E-state index contributed by atoms with van der Waals surface area (Å²) in [5.74, 6) is -1.24. The third-order valence-electron chi connectivity index (χ3n) is 1.69. The summed E-state index contributed by atoms with van der Waals surface area (Å²) in [5, 5.41) is 8.72. The minimum absolute atomic E-state index is 0.0563. The Kier molecular flexibility index (Phi) is 1.89. The van der Waals surface area contributed by atoms with E-state index in [-0.39, 0.29) is 28.3 Å². The predicted octanol–water partition coefficient (Wildman–Crippen LogP) is -0.286. The molecule has 1 aromatic rings. The normalized spacial score (nSPS) is 9.85. The molecule has 0 saturated carbocycles. The van der Waals surface area contributed by atoms with E-state index >= 15 is 0 Å². The highest BCUT2D eigenvalue weighted by atomic mass is 16.4. The third kappa shape index (κ3) is 1.28. The van der Waals surface area contributed by atoms with Crippen molar-refractivity contribution in [3.8, 4) is 0 Å². The zero-order valence-electron chi connectivity index (χ0n) is 6.74. The molecule has 0 aliphatic carbocycles. The van der Waals surface area contributed by atoms with Gasteiger partial charge < -0.3 is 28.0 Å². The Balaban J connectivity index is 3.56. The largest absolute Gasteiger partial charge is 0.478 e. The zero-order chi connectivity index (χ0) is 10.2. The van der Waals surface area contributed by atoms with E-state index in [1.54, 1.807) is 0 Å². The van der Waals surface area contributed by atoms with Crippen LogP contribution in [0, 0.1) is 0 Å². The molecule has 0 aliphatic rings. The molecule has 0 saturated heterocycles. The van der Waals surface area contributed by atoms with Crippen LogP contribution in [-0.4, -0.2) is 11.1 Å². The third-order valence-corrected chi connectivity index (χ3v) is 1.69. The van der Waals surface area contributed by atoms with Crippen molar-refractivity contribution in [1.82, 2.24) is 0 Å². The molecule has 0 atom stereocenters. The van der Waals surface area contributed by atoms with E-state index < -0.39 is 5.97 Å². The van der Waals surface area contributed by atoms with E-state index in [1.165, 1.54) is 6.07 Å². The second-order valence-corrected chi connectivity index (χ2v) is 2.56. The van der Waals surface area contributed by atoms with Gasteiger partial charge in [-0.1, -0.05) is 0 Å². The van der Waals surface area contributed by atoms with Gasteiger partial charge in [0.15, 0.2) is 0 Å². The maximum absolute atomic E-state index is 10.7. The van der Waals surface area contributed by atoms with Gasteiger partial charge >= 0.3 is 5.97 Å². The molecular weight excluding hydrogens is 172 g/mol. The van der Waals surface area contributed by atoms with Crippen molar-refractivity contribution < 1.29 is 9.90 Å². The van der Waals surface area contributed by atoms with Crippen molar-refractivity contribution in [1.29, 1.82) is 0 Å². The van der Waals surface area contributed by atoms with Gasteiger partial charge in [0.1, 0.15) is 5.56 Å². The lowest BCUT2D eigenvalue weighted by Gasteiger charge is -2.09. The molecule has 0 spiro atoms. The summed E-state index contributed by atoms with van der Waals surface area (Å²) in [6, 6.07) is 1.33. The Hall–Kier alpha value is -2.11. The van der Waals surface area contributed by atoms with Crippen LogP contribution in [0.3, 0.4) is 0 Å². The summed E-state index contributed by atoms with van der Waals surface area (Å²) >= 11 is 0. The van der Waals surface area contributed by atoms with Crippen LogP contribution >= 0.6 is 0 Å². The molecule has 0 heterocycles. The van der Waals surface area contributed by atoms with Crippen LogP contribution in [0.15, 0.2) is 6.07 Å². The van der Waals surface area contributed by atoms with Gasteiger partial charge in [0, 0.05) is 0 Å². The van der Waals surface area contributed by atoms with Gasteiger partial charge in [-0.25, -0.2) is 4.79 Å². The van der Waals surface area contributed by atoms with Crippen molar-refractivity contribution in [2.45, 2.75) is 0 Å². The average molecular weight is 182 g/mol. The number of hydrogen-bond donors (Lipinski definition) is 5. The Labute approximate surface area is 74.1 Å². The van der Waals surface area contributed by atoms with Crippen LogP contribution in [0.4, 0.5) is 22.7 Å². The molecule has 6 heteroatoms. The van der Waals surface area contributed by atoms with Crippen LogP contribution < -0.4 is 22.9 Å². The first kappa shape index (κ1) is 8.98. The van der Waals surface area contributed by atoms with E-state index in [4.69, 9.17) is 28.0 Å². The van der Waals surface area contributed by atoms with Gasteiger partial charge in [0.25, 0.3) is 0 Å². The fourth-order valence-corrected chi connectivity index (χ4v) is 0.987. The number of carboxylic acid groups (broad SMARTS) is 1. The quantitative estimate of drug-likeness (QED) is 0.378. The molecule has 13 heavy (non-hydrogen) atoms. The van der Waals surface area contributed by atoms with Crippen molar-refractivity contribution in [3.63, 3.8) is 0 Å². The van der Waals surface area contributed by atoms with Crippen LogP contribution in [0.2, 0.25) is 0 Å². The van der Waals surface area contributed by atoms with Crippen molar-refractivity contribution in [2.24, 2.45) is 0 Å². The molecule has 0 fully saturated rings. The first-order chi connectivity index (χ1) is 5.95. The molecule has 0 aromatic heterocycles. The van der Waals surface area contributed by atoms with Gasteiger partial charge in [-0.15, -0.1) is 0 Å². The van der Waals surface area contributed by atoms with Crippen LogP contribution in [0.1, 0.15) is 10.4 Å². The summed E-state index contributed by atoms with van der Waals surface area (Å²) in [5.41, 5.74) is 21.5. The number of aromatic carboxylic acids is 1. The molecule has 0 amide bonds. The number of rotatable bonds is 1.